The molecule has 0 atom stereocenters. The van der Waals surface area contributed by atoms with Gasteiger partial charge in [0.2, 0.25) is 5.91 Å². The smallest absolute Gasteiger partial charge is 0.221 e. The molecule has 1 rings (SSSR count). The van der Waals surface area contributed by atoms with Crippen LogP contribution in [-0.4, -0.2) is 32.7 Å². The minimum atomic E-state index is -0.0393. The van der Waals surface area contributed by atoms with Crippen molar-refractivity contribution in [3.05, 3.63) is 29.8 Å². The highest BCUT2D eigenvalue weighted by Crippen LogP contribution is 2.09. The van der Waals surface area contributed by atoms with Crippen LogP contribution in [0.4, 0.5) is 5.69 Å². The SMILES string of the molecule is COCCCNCCc1ccc(NC(C)=O)cc1. The molecule has 2 N–H and O–H groups in total. The molecule has 100 valence electrons. The number of ether oxygens (including phenoxy) is 1. The van der Waals surface area contributed by atoms with Crippen LogP contribution < -0.4 is 10.6 Å². The predicted molar refractivity (Wildman–Crippen MR) is 73.8 cm³/mol. The van der Waals surface area contributed by atoms with Crippen LogP contribution in [0.3, 0.4) is 0 Å². The molecule has 0 fully saturated rings. The van der Waals surface area contributed by atoms with Crippen LogP contribution in [0.15, 0.2) is 24.3 Å². The van der Waals surface area contributed by atoms with Gasteiger partial charge in [0.1, 0.15) is 0 Å². The first-order chi connectivity index (χ1) is 8.72. The molecular weight excluding hydrogens is 228 g/mol. The quantitative estimate of drug-likeness (QED) is 0.692. The van der Waals surface area contributed by atoms with Gasteiger partial charge in [0.25, 0.3) is 0 Å². The van der Waals surface area contributed by atoms with E-state index in [1.807, 2.05) is 24.3 Å². The Morgan fingerprint density at radius 3 is 2.56 bits per heavy atom. The van der Waals surface area contributed by atoms with E-state index in [1.54, 1.807) is 7.11 Å². The largest absolute Gasteiger partial charge is 0.385 e. The first-order valence-corrected chi connectivity index (χ1v) is 6.28. The number of carbonyl (C=O) groups excluding carboxylic acids is 1. The number of hydrogen-bond donors (Lipinski definition) is 2. The van der Waals surface area contributed by atoms with Crippen LogP contribution in [0.5, 0.6) is 0 Å². The molecule has 0 saturated carbocycles. The number of anilines is 1. The van der Waals surface area contributed by atoms with Gasteiger partial charge >= 0.3 is 0 Å². The molecule has 0 radical (unpaired) electrons. The van der Waals surface area contributed by atoms with Crippen LogP contribution in [0.1, 0.15) is 18.9 Å². The van der Waals surface area contributed by atoms with Gasteiger partial charge in [0.15, 0.2) is 0 Å². The lowest BCUT2D eigenvalue weighted by molar-refractivity contribution is -0.114. The lowest BCUT2D eigenvalue weighted by Gasteiger charge is -2.06. The summed E-state index contributed by atoms with van der Waals surface area (Å²) in [6.07, 6.45) is 2.03. The van der Waals surface area contributed by atoms with Gasteiger partial charge in [-0.25, -0.2) is 0 Å². The number of carbonyl (C=O) groups is 1. The minimum absolute atomic E-state index is 0.0393. The van der Waals surface area contributed by atoms with Gasteiger partial charge < -0.3 is 15.4 Å². The van der Waals surface area contributed by atoms with E-state index in [0.29, 0.717) is 0 Å². The molecule has 0 aliphatic rings. The summed E-state index contributed by atoms with van der Waals surface area (Å²) in [6, 6.07) is 7.95. The van der Waals surface area contributed by atoms with E-state index in [4.69, 9.17) is 4.74 Å². The van der Waals surface area contributed by atoms with Gasteiger partial charge in [-0.2, -0.15) is 0 Å². The van der Waals surface area contributed by atoms with Crippen LogP contribution in [0, 0.1) is 0 Å². The molecule has 1 aromatic rings. The number of amides is 1. The van der Waals surface area contributed by atoms with Crippen LogP contribution in [0.25, 0.3) is 0 Å². The molecule has 0 unspecified atom stereocenters. The second-order valence-electron chi connectivity index (χ2n) is 4.22. The van der Waals surface area contributed by atoms with Gasteiger partial charge in [-0.3, -0.25) is 4.79 Å². The number of methoxy groups -OCH3 is 1. The maximum atomic E-state index is 10.9. The van der Waals surface area contributed by atoms with E-state index in [9.17, 15) is 4.79 Å². The molecular formula is C14H22N2O2. The average molecular weight is 250 g/mol. The van der Waals surface area contributed by atoms with Crippen LogP contribution in [-0.2, 0) is 16.0 Å². The second kappa shape index (κ2) is 8.66. The fraction of sp³-hybridized carbons (Fsp3) is 0.500. The third kappa shape index (κ3) is 6.37. The molecule has 1 amide bonds. The standard InChI is InChI=1S/C14H22N2O2/c1-12(17)16-14-6-4-13(5-7-14)8-10-15-9-3-11-18-2/h4-7,15H,3,8-11H2,1-2H3,(H,16,17). The first-order valence-electron chi connectivity index (χ1n) is 6.28. The zero-order valence-electron chi connectivity index (χ0n) is 11.2. The highest BCUT2D eigenvalue weighted by Gasteiger charge is 1.96. The first kappa shape index (κ1) is 14.7. The number of nitrogens with one attached hydrogen (secondary N) is 2. The van der Waals surface area contributed by atoms with E-state index >= 15 is 0 Å². The highest BCUT2D eigenvalue weighted by atomic mass is 16.5. The number of hydrogen-bond acceptors (Lipinski definition) is 3. The van der Waals surface area contributed by atoms with E-state index in [1.165, 1.54) is 12.5 Å². The van der Waals surface area contributed by atoms with Gasteiger partial charge in [-0.15, -0.1) is 0 Å². The Kier molecular flexibility index (Phi) is 7.06. The molecule has 0 bridgehead atoms. The molecule has 18 heavy (non-hydrogen) atoms. The topological polar surface area (TPSA) is 50.4 Å². The Bertz CT molecular complexity index is 349. The lowest BCUT2D eigenvalue weighted by Crippen LogP contribution is -2.19. The zero-order chi connectivity index (χ0) is 13.2. The van der Waals surface area contributed by atoms with Crippen molar-refractivity contribution < 1.29 is 9.53 Å². The molecule has 0 aromatic heterocycles. The maximum absolute atomic E-state index is 10.9. The Labute approximate surface area is 109 Å². The van der Waals surface area contributed by atoms with Crippen molar-refractivity contribution in [2.75, 3.05) is 32.1 Å². The van der Waals surface area contributed by atoms with Crippen molar-refractivity contribution in [2.24, 2.45) is 0 Å². The van der Waals surface area contributed by atoms with Gasteiger partial charge in [0.05, 0.1) is 0 Å². The summed E-state index contributed by atoms with van der Waals surface area (Å²) < 4.78 is 4.98. The second-order valence-corrected chi connectivity index (χ2v) is 4.22. The van der Waals surface area contributed by atoms with Gasteiger partial charge in [-0.05, 0) is 43.6 Å². The molecule has 4 heteroatoms. The Balaban J connectivity index is 2.20. The summed E-state index contributed by atoms with van der Waals surface area (Å²) in [5, 5.41) is 6.12. The van der Waals surface area contributed by atoms with Crippen molar-refractivity contribution in [3.63, 3.8) is 0 Å². The molecule has 0 saturated heterocycles. The zero-order valence-corrected chi connectivity index (χ0v) is 11.2. The third-order valence-corrected chi connectivity index (χ3v) is 2.57. The van der Waals surface area contributed by atoms with Crippen molar-refractivity contribution in [1.29, 1.82) is 0 Å². The molecule has 1 aromatic carbocycles. The van der Waals surface area contributed by atoms with Crippen molar-refractivity contribution >= 4 is 11.6 Å². The fourth-order valence-corrected chi connectivity index (χ4v) is 1.66. The molecule has 0 spiro atoms. The molecule has 0 aliphatic heterocycles. The third-order valence-electron chi connectivity index (χ3n) is 2.57. The van der Waals surface area contributed by atoms with E-state index in [2.05, 4.69) is 10.6 Å². The summed E-state index contributed by atoms with van der Waals surface area (Å²) >= 11 is 0. The highest BCUT2D eigenvalue weighted by molar-refractivity contribution is 5.88. The average Bonchev–Trinajstić information content (AvgIpc) is 2.35. The summed E-state index contributed by atoms with van der Waals surface area (Å²) in [5.41, 5.74) is 2.11. The summed E-state index contributed by atoms with van der Waals surface area (Å²) in [6.45, 7) is 4.26. The van der Waals surface area contributed by atoms with Gasteiger partial charge in [-0.1, -0.05) is 12.1 Å². The van der Waals surface area contributed by atoms with Crippen LogP contribution in [0.2, 0.25) is 0 Å². The molecule has 0 aliphatic carbocycles. The normalized spacial score (nSPS) is 10.3. The number of benzene rings is 1. The lowest BCUT2D eigenvalue weighted by atomic mass is 10.1. The predicted octanol–water partition coefficient (Wildman–Crippen LogP) is 1.81. The van der Waals surface area contributed by atoms with Gasteiger partial charge in [0, 0.05) is 26.3 Å². The van der Waals surface area contributed by atoms with E-state index < -0.39 is 0 Å². The Morgan fingerprint density at radius 2 is 1.94 bits per heavy atom. The Hall–Kier alpha value is -1.39. The summed E-state index contributed by atoms with van der Waals surface area (Å²) in [5.74, 6) is -0.0393. The van der Waals surface area contributed by atoms with E-state index in [-0.39, 0.29) is 5.91 Å². The summed E-state index contributed by atoms with van der Waals surface area (Å²) in [4.78, 5) is 10.9. The number of rotatable bonds is 8. The minimum Gasteiger partial charge on any atom is -0.385 e. The molecule has 4 nitrogen and oxygen atoms in total. The fourth-order valence-electron chi connectivity index (χ4n) is 1.66. The van der Waals surface area contributed by atoms with Crippen molar-refractivity contribution in [3.8, 4) is 0 Å². The van der Waals surface area contributed by atoms with E-state index in [0.717, 1.165) is 38.2 Å². The van der Waals surface area contributed by atoms with Crippen LogP contribution >= 0.6 is 0 Å². The summed E-state index contributed by atoms with van der Waals surface area (Å²) in [7, 11) is 1.72. The Morgan fingerprint density at radius 1 is 1.22 bits per heavy atom. The maximum Gasteiger partial charge on any atom is 0.221 e. The monoisotopic (exact) mass is 250 g/mol. The molecule has 0 heterocycles. The van der Waals surface area contributed by atoms with Crippen molar-refractivity contribution in [1.82, 2.24) is 5.32 Å². The van der Waals surface area contributed by atoms with Crippen molar-refractivity contribution in [2.45, 2.75) is 19.8 Å².